The first-order valence-electron chi connectivity index (χ1n) is 10.4. The summed E-state index contributed by atoms with van der Waals surface area (Å²) in [6.45, 7) is 0. The molecule has 0 fully saturated rings. The molecule has 3 heterocycles. The van der Waals surface area contributed by atoms with E-state index in [1.807, 2.05) is 30.3 Å². The van der Waals surface area contributed by atoms with Crippen molar-refractivity contribution in [1.82, 2.24) is 24.9 Å². The van der Waals surface area contributed by atoms with E-state index in [9.17, 15) is 9.59 Å². The molecule has 3 aromatic heterocycles. The van der Waals surface area contributed by atoms with Crippen molar-refractivity contribution < 1.29 is 9.59 Å². The Bertz CT molecular complexity index is 1470. The van der Waals surface area contributed by atoms with Gasteiger partial charge in [-0.05, 0) is 47.2 Å². The van der Waals surface area contributed by atoms with E-state index in [-0.39, 0.29) is 17.7 Å². The van der Waals surface area contributed by atoms with Gasteiger partial charge in [-0.1, -0.05) is 35.9 Å². The lowest BCUT2D eigenvalue weighted by Gasteiger charge is -2.11. The molecule has 0 unspecified atom stereocenters. The maximum Gasteiger partial charge on any atom is 0.259 e. The summed E-state index contributed by atoms with van der Waals surface area (Å²) in [5, 5.41) is 7.54. The van der Waals surface area contributed by atoms with Gasteiger partial charge in [0.1, 0.15) is 0 Å². The van der Waals surface area contributed by atoms with Gasteiger partial charge >= 0.3 is 0 Å². The smallest absolute Gasteiger partial charge is 0.259 e. The average Bonchev–Trinajstić information content (AvgIpc) is 2.89. The first-order valence-corrected chi connectivity index (χ1v) is 10.8. The summed E-state index contributed by atoms with van der Waals surface area (Å²) in [5.74, 6) is -0.878. The summed E-state index contributed by atoms with van der Waals surface area (Å²) in [4.78, 5) is 46.3. The molecule has 0 atom stereocenters. The van der Waals surface area contributed by atoms with E-state index in [2.05, 4.69) is 35.6 Å². The minimum atomic E-state index is -0.468. The van der Waals surface area contributed by atoms with Crippen molar-refractivity contribution in [2.45, 2.75) is 0 Å². The zero-order valence-corrected chi connectivity index (χ0v) is 18.8. The number of carbonyl (C=O) groups excluding carboxylic acids is 2. The molecule has 35 heavy (non-hydrogen) atoms. The van der Waals surface area contributed by atoms with Gasteiger partial charge in [-0.2, -0.15) is 15.0 Å². The van der Waals surface area contributed by atoms with Gasteiger partial charge in [0.25, 0.3) is 11.8 Å². The van der Waals surface area contributed by atoms with Crippen LogP contribution in [0.3, 0.4) is 0 Å². The molecule has 170 valence electrons. The molecular weight excluding hydrogens is 466 g/mol. The van der Waals surface area contributed by atoms with E-state index in [4.69, 9.17) is 11.6 Å². The van der Waals surface area contributed by atoms with E-state index in [1.54, 1.807) is 42.7 Å². The standard InChI is InChI=1S/C25H16ClN7O2/c26-20-12-16-6-2-1-5-15(16)11-19(20)21-29-24(31-22(34)17-7-3-9-27-13-17)33-25(30-21)32-23(35)18-8-4-10-28-14-18/h1-14H,(H2,29,30,31,32,33,34,35). The van der Waals surface area contributed by atoms with E-state index in [0.717, 1.165) is 10.8 Å². The highest BCUT2D eigenvalue weighted by Crippen LogP contribution is 2.31. The Balaban J connectivity index is 1.56. The van der Waals surface area contributed by atoms with Crippen molar-refractivity contribution in [2.24, 2.45) is 0 Å². The van der Waals surface area contributed by atoms with Crippen LogP contribution in [0.5, 0.6) is 0 Å². The van der Waals surface area contributed by atoms with Crippen molar-refractivity contribution in [3.8, 4) is 11.4 Å². The number of benzene rings is 2. The van der Waals surface area contributed by atoms with Crippen LogP contribution in [-0.4, -0.2) is 36.7 Å². The number of pyridine rings is 2. The highest BCUT2D eigenvalue weighted by molar-refractivity contribution is 6.34. The molecule has 0 aliphatic rings. The summed E-state index contributed by atoms with van der Waals surface area (Å²) in [7, 11) is 0. The molecule has 0 aliphatic heterocycles. The Labute approximate surface area is 204 Å². The molecule has 5 rings (SSSR count). The van der Waals surface area contributed by atoms with Gasteiger partial charge in [0.05, 0.1) is 16.1 Å². The van der Waals surface area contributed by atoms with Crippen molar-refractivity contribution >= 4 is 46.1 Å². The zero-order chi connectivity index (χ0) is 24.2. The molecule has 2 N–H and O–H groups in total. The highest BCUT2D eigenvalue weighted by atomic mass is 35.5. The fourth-order valence-corrected chi connectivity index (χ4v) is 3.59. The van der Waals surface area contributed by atoms with Crippen LogP contribution in [0.1, 0.15) is 20.7 Å². The summed E-state index contributed by atoms with van der Waals surface area (Å²) >= 11 is 6.55. The number of carbonyl (C=O) groups is 2. The van der Waals surface area contributed by atoms with Crippen molar-refractivity contribution in [3.63, 3.8) is 0 Å². The predicted octanol–water partition coefficient (Wildman–Crippen LogP) is 4.64. The topological polar surface area (TPSA) is 123 Å². The van der Waals surface area contributed by atoms with Gasteiger partial charge in [0, 0.05) is 30.4 Å². The van der Waals surface area contributed by atoms with Crippen LogP contribution in [-0.2, 0) is 0 Å². The van der Waals surface area contributed by atoms with Crippen LogP contribution in [0.2, 0.25) is 5.02 Å². The van der Waals surface area contributed by atoms with Crippen LogP contribution in [0.15, 0.2) is 85.5 Å². The fourth-order valence-electron chi connectivity index (χ4n) is 3.33. The number of nitrogens with one attached hydrogen (secondary N) is 2. The van der Waals surface area contributed by atoms with E-state index in [1.165, 1.54) is 12.4 Å². The van der Waals surface area contributed by atoms with Crippen LogP contribution in [0, 0.1) is 0 Å². The lowest BCUT2D eigenvalue weighted by Crippen LogP contribution is -2.19. The minimum Gasteiger partial charge on any atom is -0.290 e. The van der Waals surface area contributed by atoms with Gasteiger partial charge in [-0.3, -0.25) is 30.2 Å². The quantitative estimate of drug-likeness (QED) is 0.375. The largest absolute Gasteiger partial charge is 0.290 e. The van der Waals surface area contributed by atoms with Crippen LogP contribution in [0.4, 0.5) is 11.9 Å². The third-order valence-corrected chi connectivity index (χ3v) is 5.32. The minimum absolute atomic E-state index is 0.0606. The van der Waals surface area contributed by atoms with Crippen LogP contribution in [0.25, 0.3) is 22.2 Å². The molecule has 2 aromatic carbocycles. The molecule has 0 saturated heterocycles. The molecule has 0 saturated carbocycles. The van der Waals surface area contributed by atoms with Gasteiger partial charge in [-0.15, -0.1) is 0 Å². The van der Waals surface area contributed by atoms with Crippen LogP contribution < -0.4 is 10.6 Å². The molecule has 9 nitrogen and oxygen atoms in total. The number of anilines is 2. The molecule has 0 radical (unpaired) electrons. The number of nitrogens with zero attached hydrogens (tertiary/aromatic N) is 5. The number of hydrogen-bond donors (Lipinski definition) is 2. The SMILES string of the molecule is O=C(Nc1nc(NC(=O)c2cccnc2)nc(-c2cc3ccccc3cc2Cl)n1)c1cccnc1. The lowest BCUT2D eigenvalue weighted by molar-refractivity contribution is 0.101. The second-order valence-corrected chi connectivity index (χ2v) is 7.78. The maximum atomic E-state index is 12.7. The Morgan fingerprint density at radius 2 is 1.23 bits per heavy atom. The van der Waals surface area contributed by atoms with Crippen molar-refractivity contribution in [3.05, 3.63) is 102 Å². The Morgan fingerprint density at radius 1 is 0.686 bits per heavy atom. The first kappa shape index (κ1) is 22.1. The van der Waals surface area contributed by atoms with Crippen LogP contribution >= 0.6 is 11.6 Å². The monoisotopic (exact) mass is 481 g/mol. The Morgan fingerprint density at radius 3 is 1.74 bits per heavy atom. The van der Waals surface area contributed by atoms with E-state index in [0.29, 0.717) is 21.7 Å². The number of fused-ring (bicyclic) bond motifs is 1. The van der Waals surface area contributed by atoms with E-state index < -0.39 is 11.8 Å². The normalized spacial score (nSPS) is 10.7. The fraction of sp³-hybridized carbons (Fsp3) is 0. The number of rotatable bonds is 5. The molecule has 0 aliphatic carbocycles. The first-order chi connectivity index (χ1) is 17.1. The Hall–Kier alpha value is -4.76. The van der Waals surface area contributed by atoms with Gasteiger partial charge in [0.2, 0.25) is 11.9 Å². The van der Waals surface area contributed by atoms with Gasteiger partial charge in [0.15, 0.2) is 5.82 Å². The average molecular weight is 482 g/mol. The summed E-state index contributed by atoms with van der Waals surface area (Å²) < 4.78 is 0. The second kappa shape index (κ2) is 9.62. The lowest BCUT2D eigenvalue weighted by atomic mass is 10.1. The number of halogens is 1. The molecular formula is C25H16ClN7O2. The third kappa shape index (κ3) is 4.94. The molecule has 0 spiro atoms. The van der Waals surface area contributed by atoms with Gasteiger partial charge in [-0.25, -0.2) is 0 Å². The molecule has 2 amide bonds. The molecule has 5 aromatic rings. The summed E-state index contributed by atoms with van der Waals surface area (Å²) in [6, 6.07) is 17.8. The summed E-state index contributed by atoms with van der Waals surface area (Å²) in [5.41, 5.74) is 1.15. The number of aromatic nitrogens is 5. The molecule has 10 heteroatoms. The van der Waals surface area contributed by atoms with Gasteiger partial charge < -0.3 is 0 Å². The maximum absolute atomic E-state index is 12.7. The second-order valence-electron chi connectivity index (χ2n) is 7.38. The van der Waals surface area contributed by atoms with Crippen molar-refractivity contribution in [2.75, 3.05) is 10.6 Å². The Kier molecular flexibility index (Phi) is 6.06. The third-order valence-electron chi connectivity index (χ3n) is 5.01. The summed E-state index contributed by atoms with van der Waals surface area (Å²) in [6.07, 6.45) is 5.96. The number of hydrogen-bond acceptors (Lipinski definition) is 7. The van der Waals surface area contributed by atoms with Crippen molar-refractivity contribution in [1.29, 1.82) is 0 Å². The predicted molar refractivity (Wildman–Crippen MR) is 132 cm³/mol. The molecule has 0 bridgehead atoms. The number of amides is 2. The highest BCUT2D eigenvalue weighted by Gasteiger charge is 2.17. The zero-order valence-electron chi connectivity index (χ0n) is 18.0. The van der Waals surface area contributed by atoms with E-state index >= 15 is 0 Å².